The van der Waals surface area contributed by atoms with Crippen LogP contribution in [0.4, 0.5) is 0 Å². The zero-order valence-electron chi connectivity index (χ0n) is 10.3. The Morgan fingerprint density at radius 1 is 1.00 bits per heavy atom. The van der Waals surface area contributed by atoms with Gasteiger partial charge >= 0.3 is 0 Å². The molecule has 0 atom stereocenters. The zero-order valence-corrected chi connectivity index (χ0v) is 11.8. The highest BCUT2D eigenvalue weighted by Gasteiger charge is 2.10. The molecule has 0 bridgehead atoms. The Morgan fingerprint density at radius 3 is 2.75 bits per heavy atom. The number of rotatable bonds is 0. The monoisotopic (exact) mass is 325 g/mol. The first-order valence-corrected chi connectivity index (χ1v) is 6.93. The number of fused-ring (bicyclic) bond motifs is 3. The maximum atomic E-state index is 12.6. The van der Waals surface area contributed by atoms with Crippen molar-refractivity contribution in [1.29, 1.82) is 0 Å². The Bertz CT molecular complexity index is 1040. The summed E-state index contributed by atoms with van der Waals surface area (Å²) < 4.78 is 6.61. The maximum Gasteiger partial charge on any atom is 0.231 e. The van der Waals surface area contributed by atoms with Crippen molar-refractivity contribution in [3.05, 3.63) is 63.2 Å². The molecule has 4 rings (SSSR count). The number of nitrogens with zero attached hydrogens (tertiary/aromatic N) is 1. The number of aromatic nitrogens is 1. The van der Waals surface area contributed by atoms with Gasteiger partial charge in [-0.2, -0.15) is 0 Å². The zero-order chi connectivity index (χ0) is 13.7. The van der Waals surface area contributed by atoms with Gasteiger partial charge in [0.2, 0.25) is 11.1 Å². The fourth-order valence-corrected chi connectivity index (χ4v) is 2.72. The predicted molar refractivity (Wildman–Crippen MR) is 83.0 cm³/mol. The molecule has 96 valence electrons. The topological polar surface area (TPSA) is 43.1 Å². The first kappa shape index (κ1) is 11.6. The quantitative estimate of drug-likeness (QED) is 0.454. The summed E-state index contributed by atoms with van der Waals surface area (Å²) >= 11 is 3.37. The number of pyridine rings is 1. The molecule has 20 heavy (non-hydrogen) atoms. The van der Waals surface area contributed by atoms with Crippen molar-refractivity contribution in [3.8, 4) is 0 Å². The minimum atomic E-state index is -0.0548. The van der Waals surface area contributed by atoms with Gasteiger partial charge in [0, 0.05) is 9.86 Å². The molecule has 2 aromatic carbocycles. The highest BCUT2D eigenvalue weighted by Crippen LogP contribution is 2.23. The summed E-state index contributed by atoms with van der Waals surface area (Å²) in [5.74, 6) is 0. The molecule has 0 unspecified atom stereocenters. The van der Waals surface area contributed by atoms with Crippen LogP contribution in [0.15, 0.2) is 62.2 Å². The Labute approximate surface area is 122 Å². The Hall–Kier alpha value is -2.20. The molecule has 0 aliphatic rings. The van der Waals surface area contributed by atoms with Crippen LogP contribution in [-0.2, 0) is 0 Å². The molecule has 0 saturated carbocycles. The number of para-hydroxylation sites is 1. The van der Waals surface area contributed by atoms with Gasteiger partial charge in [-0.1, -0.05) is 34.1 Å². The van der Waals surface area contributed by atoms with Crippen LogP contribution in [0.3, 0.4) is 0 Å². The van der Waals surface area contributed by atoms with E-state index in [-0.39, 0.29) is 5.43 Å². The minimum absolute atomic E-state index is 0.0548. The predicted octanol–water partition coefficient (Wildman–Crippen LogP) is 4.26. The molecule has 0 aliphatic carbocycles. The molecular weight excluding hydrogens is 318 g/mol. The molecule has 0 fully saturated rings. The van der Waals surface area contributed by atoms with Crippen LogP contribution in [0, 0.1) is 0 Å². The second-order valence-electron chi connectivity index (χ2n) is 4.61. The average molecular weight is 326 g/mol. The van der Waals surface area contributed by atoms with Crippen molar-refractivity contribution in [3.63, 3.8) is 0 Å². The fourth-order valence-electron chi connectivity index (χ4n) is 2.36. The van der Waals surface area contributed by atoms with E-state index in [9.17, 15) is 4.79 Å². The van der Waals surface area contributed by atoms with Crippen LogP contribution in [0.5, 0.6) is 0 Å². The van der Waals surface area contributed by atoms with Crippen molar-refractivity contribution in [1.82, 2.24) is 4.98 Å². The van der Waals surface area contributed by atoms with Gasteiger partial charge in [-0.3, -0.25) is 4.79 Å². The molecule has 4 heteroatoms. The molecule has 0 radical (unpaired) electrons. The van der Waals surface area contributed by atoms with Crippen LogP contribution >= 0.6 is 15.9 Å². The van der Waals surface area contributed by atoms with Gasteiger partial charge in [-0.15, -0.1) is 0 Å². The van der Waals surface area contributed by atoms with E-state index < -0.39 is 0 Å². The molecule has 2 heterocycles. The van der Waals surface area contributed by atoms with E-state index in [4.69, 9.17) is 4.42 Å². The largest absolute Gasteiger partial charge is 0.437 e. The van der Waals surface area contributed by atoms with Crippen LogP contribution < -0.4 is 5.43 Å². The molecule has 0 N–H and O–H groups in total. The smallest absolute Gasteiger partial charge is 0.231 e. The molecule has 4 aromatic rings. The van der Waals surface area contributed by atoms with E-state index in [1.807, 2.05) is 36.4 Å². The molecule has 0 saturated heterocycles. The summed E-state index contributed by atoms with van der Waals surface area (Å²) in [5, 5.41) is 2.00. The van der Waals surface area contributed by atoms with E-state index >= 15 is 0 Å². The van der Waals surface area contributed by atoms with Crippen LogP contribution in [0.1, 0.15) is 0 Å². The van der Waals surface area contributed by atoms with Crippen LogP contribution in [0.2, 0.25) is 0 Å². The van der Waals surface area contributed by atoms with E-state index in [2.05, 4.69) is 20.9 Å². The van der Waals surface area contributed by atoms with Gasteiger partial charge in [0.25, 0.3) is 0 Å². The SMILES string of the molecule is O=c1c2cc(Br)ccc2oc2nc3ccccc3cc12. The number of benzene rings is 2. The van der Waals surface area contributed by atoms with Gasteiger partial charge in [-0.25, -0.2) is 4.98 Å². The first-order chi connectivity index (χ1) is 9.72. The standard InChI is InChI=1S/C16H8BrNO2/c17-10-5-6-14-11(8-10)15(19)12-7-9-3-1-2-4-13(9)18-16(12)20-14/h1-8H. The second-order valence-corrected chi connectivity index (χ2v) is 5.52. The summed E-state index contributed by atoms with van der Waals surface area (Å²) in [7, 11) is 0. The third-order valence-electron chi connectivity index (χ3n) is 3.33. The van der Waals surface area contributed by atoms with Crippen molar-refractivity contribution < 1.29 is 4.42 Å². The van der Waals surface area contributed by atoms with Gasteiger partial charge in [0.1, 0.15) is 5.58 Å². The molecule has 3 nitrogen and oxygen atoms in total. The lowest BCUT2D eigenvalue weighted by Gasteiger charge is -2.03. The lowest BCUT2D eigenvalue weighted by molar-refractivity contribution is 0.646. The third kappa shape index (κ3) is 1.65. The van der Waals surface area contributed by atoms with Crippen LogP contribution in [0.25, 0.3) is 33.0 Å². The average Bonchev–Trinajstić information content (AvgIpc) is 2.47. The van der Waals surface area contributed by atoms with Gasteiger partial charge in [-0.05, 0) is 30.3 Å². The van der Waals surface area contributed by atoms with Gasteiger partial charge in [0.15, 0.2) is 0 Å². The summed E-state index contributed by atoms with van der Waals surface area (Å²) in [6.45, 7) is 0. The summed E-state index contributed by atoms with van der Waals surface area (Å²) in [6, 6.07) is 14.9. The van der Waals surface area contributed by atoms with E-state index in [1.165, 1.54) is 0 Å². The van der Waals surface area contributed by atoms with Crippen LogP contribution in [-0.4, -0.2) is 4.98 Å². The highest BCUT2D eigenvalue weighted by atomic mass is 79.9. The number of hydrogen-bond acceptors (Lipinski definition) is 3. The van der Waals surface area contributed by atoms with Gasteiger partial charge in [0.05, 0.1) is 16.3 Å². The summed E-state index contributed by atoms with van der Waals surface area (Å²) in [6.07, 6.45) is 0. The Morgan fingerprint density at radius 2 is 1.85 bits per heavy atom. The minimum Gasteiger partial charge on any atom is -0.437 e. The van der Waals surface area contributed by atoms with Crippen molar-refractivity contribution in [2.75, 3.05) is 0 Å². The lowest BCUT2D eigenvalue weighted by Crippen LogP contribution is -2.03. The highest BCUT2D eigenvalue weighted by molar-refractivity contribution is 9.10. The van der Waals surface area contributed by atoms with E-state index in [1.54, 1.807) is 12.1 Å². The molecular formula is C16H8BrNO2. The van der Waals surface area contributed by atoms with Crippen molar-refractivity contribution in [2.24, 2.45) is 0 Å². The molecule has 0 amide bonds. The third-order valence-corrected chi connectivity index (χ3v) is 3.82. The second kappa shape index (κ2) is 4.15. The van der Waals surface area contributed by atoms with E-state index in [0.717, 1.165) is 15.4 Å². The van der Waals surface area contributed by atoms with E-state index in [0.29, 0.717) is 22.1 Å². The summed E-state index contributed by atoms with van der Waals surface area (Å²) in [5.41, 5.74) is 1.69. The summed E-state index contributed by atoms with van der Waals surface area (Å²) in [4.78, 5) is 17.0. The molecule has 2 aromatic heterocycles. The normalized spacial score (nSPS) is 11.4. The Balaban J connectivity index is 2.26. The Kier molecular flexibility index (Phi) is 2.41. The number of hydrogen-bond donors (Lipinski definition) is 0. The first-order valence-electron chi connectivity index (χ1n) is 6.14. The lowest BCUT2D eigenvalue weighted by atomic mass is 10.1. The fraction of sp³-hybridized carbons (Fsp3) is 0. The van der Waals surface area contributed by atoms with Crippen molar-refractivity contribution >= 4 is 48.9 Å². The number of halogens is 1. The van der Waals surface area contributed by atoms with Gasteiger partial charge < -0.3 is 4.42 Å². The molecule has 0 aliphatic heterocycles. The molecule has 0 spiro atoms. The maximum absolute atomic E-state index is 12.6. The van der Waals surface area contributed by atoms with Crippen molar-refractivity contribution in [2.45, 2.75) is 0 Å².